The molecule has 3 aromatic rings. The summed E-state index contributed by atoms with van der Waals surface area (Å²) in [6.45, 7) is 5.13. The van der Waals surface area contributed by atoms with E-state index in [2.05, 4.69) is 59.1 Å². The Balaban J connectivity index is 1.63. The van der Waals surface area contributed by atoms with E-state index in [1.54, 1.807) is 0 Å². The highest BCUT2D eigenvalue weighted by Crippen LogP contribution is 2.39. The van der Waals surface area contributed by atoms with E-state index in [0.717, 1.165) is 30.6 Å². The second kappa shape index (κ2) is 5.93. The SMILES string of the molecule is Cc1ccnc(C2(C#N)CCN(c3ccc4c[nH]cc4c3)C(C)C2)c1. The molecule has 3 heterocycles. The van der Waals surface area contributed by atoms with Gasteiger partial charge >= 0.3 is 0 Å². The fourth-order valence-electron chi connectivity index (χ4n) is 4.04. The number of aromatic nitrogens is 2. The average molecular weight is 330 g/mol. The summed E-state index contributed by atoms with van der Waals surface area (Å²) in [6, 6.07) is 13.5. The lowest BCUT2D eigenvalue weighted by molar-refractivity contribution is 0.353. The summed E-state index contributed by atoms with van der Waals surface area (Å²) in [6.07, 6.45) is 7.47. The summed E-state index contributed by atoms with van der Waals surface area (Å²) in [5.74, 6) is 0. The molecule has 0 bridgehead atoms. The van der Waals surface area contributed by atoms with Crippen molar-refractivity contribution in [3.05, 3.63) is 60.2 Å². The van der Waals surface area contributed by atoms with Crippen molar-refractivity contribution in [2.75, 3.05) is 11.4 Å². The number of anilines is 1. The van der Waals surface area contributed by atoms with Crippen LogP contribution in [0, 0.1) is 18.3 Å². The van der Waals surface area contributed by atoms with Gasteiger partial charge in [-0.2, -0.15) is 5.26 Å². The van der Waals surface area contributed by atoms with Crippen LogP contribution in [0.4, 0.5) is 5.69 Å². The van der Waals surface area contributed by atoms with Gasteiger partial charge in [-0.05, 0) is 61.9 Å². The summed E-state index contributed by atoms with van der Waals surface area (Å²) in [5.41, 5.74) is 2.82. The van der Waals surface area contributed by atoms with Gasteiger partial charge < -0.3 is 9.88 Å². The molecule has 25 heavy (non-hydrogen) atoms. The summed E-state index contributed by atoms with van der Waals surface area (Å²) in [5, 5.41) is 12.4. The molecule has 1 fully saturated rings. The smallest absolute Gasteiger partial charge is 0.103 e. The quantitative estimate of drug-likeness (QED) is 0.761. The molecule has 2 aromatic heterocycles. The van der Waals surface area contributed by atoms with Crippen molar-refractivity contribution in [1.29, 1.82) is 5.26 Å². The minimum absolute atomic E-state index is 0.284. The summed E-state index contributed by atoms with van der Waals surface area (Å²) >= 11 is 0. The van der Waals surface area contributed by atoms with Gasteiger partial charge in [-0.25, -0.2) is 0 Å². The van der Waals surface area contributed by atoms with Crippen LogP contribution in [-0.4, -0.2) is 22.6 Å². The summed E-state index contributed by atoms with van der Waals surface area (Å²) in [4.78, 5) is 10.1. The maximum atomic E-state index is 9.96. The topological polar surface area (TPSA) is 55.7 Å². The molecule has 1 aliphatic heterocycles. The molecular formula is C21H22N4. The average Bonchev–Trinajstić information content (AvgIpc) is 3.09. The fraction of sp³-hybridized carbons (Fsp3) is 0.333. The molecule has 4 nitrogen and oxygen atoms in total. The molecule has 1 N–H and O–H groups in total. The van der Waals surface area contributed by atoms with Crippen LogP contribution in [0.3, 0.4) is 0 Å². The maximum absolute atomic E-state index is 9.96. The number of piperidine rings is 1. The van der Waals surface area contributed by atoms with E-state index in [0.29, 0.717) is 0 Å². The zero-order chi connectivity index (χ0) is 17.4. The first-order chi connectivity index (χ1) is 12.1. The maximum Gasteiger partial charge on any atom is 0.103 e. The van der Waals surface area contributed by atoms with Gasteiger partial charge in [0.1, 0.15) is 5.41 Å². The van der Waals surface area contributed by atoms with Crippen LogP contribution in [0.25, 0.3) is 10.8 Å². The van der Waals surface area contributed by atoms with E-state index in [1.165, 1.54) is 16.5 Å². The Morgan fingerprint density at radius 1 is 1.24 bits per heavy atom. The molecule has 4 heteroatoms. The standard InChI is InChI=1S/C21H22N4/c1-15-5-7-24-20(9-15)21(14-22)6-8-25(16(2)11-21)19-4-3-17-12-23-13-18(17)10-19/h3-5,7,9-10,12-13,16,23H,6,8,11H2,1-2H3. The predicted molar refractivity (Wildman–Crippen MR) is 101 cm³/mol. The van der Waals surface area contributed by atoms with Crippen LogP contribution in [0.15, 0.2) is 48.9 Å². The Morgan fingerprint density at radius 2 is 2.08 bits per heavy atom. The van der Waals surface area contributed by atoms with E-state index in [4.69, 9.17) is 0 Å². The van der Waals surface area contributed by atoms with Crippen molar-refractivity contribution in [3.63, 3.8) is 0 Å². The number of hydrogen-bond donors (Lipinski definition) is 1. The van der Waals surface area contributed by atoms with Crippen molar-refractivity contribution in [1.82, 2.24) is 9.97 Å². The number of aryl methyl sites for hydroxylation is 1. The van der Waals surface area contributed by atoms with E-state index in [1.807, 2.05) is 24.7 Å². The third-order valence-corrected chi connectivity index (χ3v) is 5.45. The Kier molecular flexibility index (Phi) is 3.73. The molecule has 0 amide bonds. The molecule has 1 aromatic carbocycles. The van der Waals surface area contributed by atoms with Crippen molar-refractivity contribution in [3.8, 4) is 6.07 Å². The predicted octanol–water partition coefficient (Wildman–Crippen LogP) is 4.32. The van der Waals surface area contributed by atoms with Crippen LogP contribution in [0.5, 0.6) is 0 Å². The van der Waals surface area contributed by atoms with Crippen molar-refractivity contribution in [2.45, 2.75) is 38.1 Å². The van der Waals surface area contributed by atoms with E-state index >= 15 is 0 Å². The fourth-order valence-corrected chi connectivity index (χ4v) is 4.04. The third kappa shape index (κ3) is 2.66. The second-order valence-electron chi connectivity index (χ2n) is 7.18. The molecule has 0 spiro atoms. The van der Waals surface area contributed by atoms with Crippen molar-refractivity contribution in [2.24, 2.45) is 0 Å². The van der Waals surface area contributed by atoms with Gasteiger partial charge in [0.15, 0.2) is 0 Å². The number of rotatable bonds is 2. The number of H-pyrrole nitrogens is 1. The number of nitriles is 1. The highest BCUT2D eigenvalue weighted by atomic mass is 15.2. The van der Waals surface area contributed by atoms with Gasteiger partial charge in [0.05, 0.1) is 11.8 Å². The van der Waals surface area contributed by atoms with Crippen LogP contribution in [0.2, 0.25) is 0 Å². The molecule has 0 aliphatic carbocycles. The lowest BCUT2D eigenvalue weighted by Crippen LogP contribution is -2.47. The van der Waals surface area contributed by atoms with Crippen molar-refractivity contribution >= 4 is 16.5 Å². The minimum atomic E-state index is -0.486. The lowest BCUT2D eigenvalue weighted by atomic mass is 9.73. The van der Waals surface area contributed by atoms with Gasteiger partial charge in [-0.15, -0.1) is 0 Å². The van der Waals surface area contributed by atoms with Crippen LogP contribution < -0.4 is 4.90 Å². The summed E-state index contributed by atoms with van der Waals surface area (Å²) in [7, 11) is 0. The molecule has 1 aliphatic rings. The minimum Gasteiger partial charge on any atom is -0.369 e. The van der Waals surface area contributed by atoms with Crippen LogP contribution in [0.1, 0.15) is 31.0 Å². The Hall–Kier alpha value is -2.80. The summed E-state index contributed by atoms with van der Waals surface area (Å²) < 4.78 is 0. The van der Waals surface area contributed by atoms with Gasteiger partial charge in [-0.1, -0.05) is 6.07 Å². The number of nitrogens with zero attached hydrogens (tertiary/aromatic N) is 3. The van der Waals surface area contributed by atoms with Crippen LogP contribution in [-0.2, 0) is 5.41 Å². The van der Waals surface area contributed by atoms with Crippen LogP contribution >= 0.6 is 0 Å². The Bertz CT molecular complexity index is 952. The number of fused-ring (bicyclic) bond motifs is 1. The second-order valence-corrected chi connectivity index (χ2v) is 7.18. The van der Waals surface area contributed by atoms with Gasteiger partial charge in [0, 0.05) is 42.3 Å². The molecule has 2 unspecified atom stereocenters. The molecule has 126 valence electrons. The molecule has 4 rings (SSSR count). The molecule has 1 saturated heterocycles. The number of hydrogen-bond acceptors (Lipinski definition) is 3. The molecule has 0 saturated carbocycles. The molecular weight excluding hydrogens is 308 g/mol. The Labute approximate surface area is 148 Å². The van der Waals surface area contributed by atoms with Gasteiger partial charge in [-0.3, -0.25) is 4.98 Å². The van der Waals surface area contributed by atoms with E-state index in [-0.39, 0.29) is 6.04 Å². The number of aromatic amines is 1. The Morgan fingerprint density at radius 3 is 2.84 bits per heavy atom. The highest BCUT2D eigenvalue weighted by molar-refractivity contribution is 5.85. The third-order valence-electron chi connectivity index (χ3n) is 5.45. The number of nitrogens with one attached hydrogen (secondary N) is 1. The zero-order valence-electron chi connectivity index (χ0n) is 14.7. The number of pyridine rings is 1. The van der Waals surface area contributed by atoms with Gasteiger partial charge in [0.25, 0.3) is 0 Å². The highest BCUT2D eigenvalue weighted by Gasteiger charge is 2.41. The number of benzene rings is 1. The normalized spacial score (nSPS) is 23.6. The van der Waals surface area contributed by atoms with Crippen molar-refractivity contribution < 1.29 is 0 Å². The van der Waals surface area contributed by atoms with E-state index < -0.39 is 5.41 Å². The largest absolute Gasteiger partial charge is 0.369 e. The first-order valence-corrected chi connectivity index (χ1v) is 8.79. The first-order valence-electron chi connectivity index (χ1n) is 8.79. The monoisotopic (exact) mass is 330 g/mol. The first kappa shape index (κ1) is 15.7. The molecule has 0 radical (unpaired) electrons. The lowest BCUT2D eigenvalue weighted by Gasteiger charge is -2.43. The van der Waals surface area contributed by atoms with Gasteiger partial charge in [0.2, 0.25) is 0 Å². The zero-order valence-corrected chi connectivity index (χ0v) is 14.7. The molecule has 2 atom stereocenters. The van der Waals surface area contributed by atoms with E-state index in [9.17, 15) is 5.26 Å².